The monoisotopic (exact) mass is 319 g/mol. The molecular weight excluding hydrogens is 298 g/mol. The van der Waals surface area contributed by atoms with Gasteiger partial charge in [0.05, 0.1) is 11.0 Å². The van der Waals surface area contributed by atoms with Crippen LogP contribution in [0.15, 0.2) is 18.3 Å². The van der Waals surface area contributed by atoms with E-state index in [1.807, 2.05) is 11.8 Å². The predicted molar refractivity (Wildman–Crippen MR) is 85.3 cm³/mol. The van der Waals surface area contributed by atoms with Gasteiger partial charge in [0.1, 0.15) is 0 Å². The number of carbonyl (C=O) groups is 1. The molecule has 1 aliphatic heterocycles. The molecule has 0 radical (unpaired) electrons. The zero-order valence-corrected chi connectivity index (χ0v) is 13.1. The number of aromatic nitrogens is 1. The lowest BCUT2D eigenvalue weighted by Gasteiger charge is -2.37. The summed E-state index contributed by atoms with van der Waals surface area (Å²) >= 11 is 0. The predicted octanol–water partition coefficient (Wildman–Crippen LogP) is 0.779. The summed E-state index contributed by atoms with van der Waals surface area (Å²) in [6.45, 7) is 4.54. The third-order valence-electron chi connectivity index (χ3n) is 4.43. The van der Waals surface area contributed by atoms with Crippen LogP contribution in [0.25, 0.3) is 0 Å². The van der Waals surface area contributed by atoms with Crippen LogP contribution in [-0.2, 0) is 4.79 Å². The Morgan fingerprint density at radius 2 is 2.09 bits per heavy atom. The topological polar surface area (TPSA) is 91.6 Å². The van der Waals surface area contributed by atoms with Gasteiger partial charge in [0.25, 0.3) is 0 Å². The van der Waals surface area contributed by atoms with Crippen molar-refractivity contribution in [2.24, 2.45) is 0 Å². The van der Waals surface area contributed by atoms with Gasteiger partial charge in [0, 0.05) is 44.5 Å². The summed E-state index contributed by atoms with van der Waals surface area (Å²) in [6.07, 6.45) is 3.73. The number of carbonyl (C=O) groups excluding carboxylic acids is 1. The molecule has 8 nitrogen and oxygen atoms in total. The summed E-state index contributed by atoms with van der Waals surface area (Å²) in [7, 11) is 0. The van der Waals surface area contributed by atoms with E-state index in [0.717, 1.165) is 12.8 Å². The van der Waals surface area contributed by atoms with Crippen LogP contribution in [-0.4, -0.2) is 59.0 Å². The van der Waals surface area contributed by atoms with Crippen molar-refractivity contribution in [3.05, 3.63) is 28.4 Å². The van der Waals surface area contributed by atoms with E-state index in [0.29, 0.717) is 38.0 Å². The number of hydrogen-bond acceptors (Lipinski definition) is 6. The van der Waals surface area contributed by atoms with E-state index in [4.69, 9.17) is 0 Å². The Labute approximate surface area is 134 Å². The molecule has 0 bridgehead atoms. The fourth-order valence-electron chi connectivity index (χ4n) is 2.81. The van der Waals surface area contributed by atoms with Crippen LogP contribution in [0, 0.1) is 10.1 Å². The van der Waals surface area contributed by atoms with Crippen molar-refractivity contribution in [3.8, 4) is 0 Å². The Hall–Kier alpha value is -2.22. The van der Waals surface area contributed by atoms with Gasteiger partial charge < -0.3 is 10.2 Å². The number of anilines is 1. The second kappa shape index (κ2) is 6.49. The molecule has 23 heavy (non-hydrogen) atoms. The standard InChI is InChI=1S/C15H21N5O3/c1-11(15(21)17-12-4-5-12)18-7-9-19(10-8-18)14-13(20(22)23)3-2-6-16-14/h2-3,6,11-12H,4-5,7-10H2,1H3,(H,17,21). The quantitative estimate of drug-likeness (QED) is 0.637. The summed E-state index contributed by atoms with van der Waals surface area (Å²) in [5.74, 6) is 0.483. The molecule has 1 N–H and O–H groups in total. The lowest BCUT2D eigenvalue weighted by molar-refractivity contribution is -0.384. The molecule has 1 aliphatic carbocycles. The van der Waals surface area contributed by atoms with E-state index in [1.165, 1.54) is 6.07 Å². The molecule has 124 valence electrons. The van der Waals surface area contributed by atoms with Crippen LogP contribution in [0.3, 0.4) is 0 Å². The first-order valence-electron chi connectivity index (χ1n) is 7.95. The number of amides is 1. The van der Waals surface area contributed by atoms with Crippen molar-refractivity contribution in [1.29, 1.82) is 0 Å². The first-order valence-corrected chi connectivity index (χ1v) is 7.95. The van der Waals surface area contributed by atoms with Crippen molar-refractivity contribution >= 4 is 17.4 Å². The highest BCUT2D eigenvalue weighted by atomic mass is 16.6. The highest BCUT2D eigenvalue weighted by Gasteiger charge is 2.31. The fraction of sp³-hybridized carbons (Fsp3) is 0.600. The Morgan fingerprint density at radius 1 is 1.39 bits per heavy atom. The number of rotatable bonds is 5. The number of nitrogens with one attached hydrogen (secondary N) is 1. The van der Waals surface area contributed by atoms with E-state index >= 15 is 0 Å². The fourth-order valence-corrected chi connectivity index (χ4v) is 2.81. The van der Waals surface area contributed by atoms with Crippen molar-refractivity contribution in [3.63, 3.8) is 0 Å². The molecule has 1 unspecified atom stereocenters. The molecule has 0 aromatic carbocycles. The molecule has 2 heterocycles. The van der Waals surface area contributed by atoms with Crippen molar-refractivity contribution in [2.45, 2.75) is 31.8 Å². The van der Waals surface area contributed by atoms with E-state index < -0.39 is 4.92 Å². The third kappa shape index (κ3) is 3.58. The second-order valence-corrected chi connectivity index (χ2v) is 6.09. The second-order valence-electron chi connectivity index (χ2n) is 6.09. The highest BCUT2D eigenvalue weighted by Crippen LogP contribution is 2.26. The Morgan fingerprint density at radius 3 is 2.70 bits per heavy atom. The van der Waals surface area contributed by atoms with E-state index in [1.54, 1.807) is 12.3 Å². The zero-order chi connectivity index (χ0) is 16.4. The van der Waals surface area contributed by atoms with Gasteiger partial charge in [-0.3, -0.25) is 19.8 Å². The summed E-state index contributed by atoms with van der Waals surface area (Å²) in [4.78, 5) is 31.0. The largest absolute Gasteiger partial charge is 0.352 e. The Bertz CT molecular complexity index is 597. The minimum atomic E-state index is -0.402. The highest BCUT2D eigenvalue weighted by molar-refractivity contribution is 5.81. The summed E-state index contributed by atoms with van der Waals surface area (Å²) in [5, 5.41) is 14.1. The molecule has 1 saturated heterocycles. The lowest BCUT2D eigenvalue weighted by Crippen LogP contribution is -2.54. The molecule has 1 saturated carbocycles. The van der Waals surface area contributed by atoms with E-state index in [-0.39, 0.29) is 17.6 Å². The third-order valence-corrected chi connectivity index (χ3v) is 4.43. The average molecular weight is 319 g/mol. The van der Waals surface area contributed by atoms with Crippen LogP contribution in [0.1, 0.15) is 19.8 Å². The molecule has 8 heteroatoms. The van der Waals surface area contributed by atoms with Gasteiger partial charge in [-0.05, 0) is 25.8 Å². The molecule has 1 atom stereocenters. The van der Waals surface area contributed by atoms with Crippen molar-refractivity contribution in [2.75, 3.05) is 31.1 Å². The Balaban J connectivity index is 1.60. The smallest absolute Gasteiger partial charge is 0.311 e. The summed E-state index contributed by atoms with van der Waals surface area (Å²) in [6, 6.07) is 3.24. The van der Waals surface area contributed by atoms with Gasteiger partial charge in [-0.15, -0.1) is 0 Å². The van der Waals surface area contributed by atoms with Crippen LogP contribution in [0.2, 0.25) is 0 Å². The molecule has 0 spiro atoms. The number of pyridine rings is 1. The summed E-state index contributed by atoms with van der Waals surface area (Å²) < 4.78 is 0. The Kier molecular flexibility index (Phi) is 4.42. The van der Waals surface area contributed by atoms with Gasteiger partial charge in [0.2, 0.25) is 11.7 Å². The maximum absolute atomic E-state index is 12.1. The minimum Gasteiger partial charge on any atom is -0.352 e. The van der Waals surface area contributed by atoms with Crippen LogP contribution < -0.4 is 10.2 Å². The lowest BCUT2D eigenvalue weighted by atomic mass is 10.2. The molecule has 1 aromatic heterocycles. The maximum Gasteiger partial charge on any atom is 0.311 e. The average Bonchev–Trinajstić information content (AvgIpc) is 3.38. The van der Waals surface area contributed by atoms with Crippen molar-refractivity contribution < 1.29 is 9.72 Å². The molecule has 1 aromatic rings. The van der Waals surface area contributed by atoms with Gasteiger partial charge in [-0.25, -0.2) is 4.98 Å². The molecule has 3 rings (SSSR count). The van der Waals surface area contributed by atoms with Gasteiger partial charge in [-0.1, -0.05) is 0 Å². The molecule has 2 aliphatic rings. The van der Waals surface area contributed by atoms with E-state index in [2.05, 4.69) is 15.2 Å². The first-order chi connectivity index (χ1) is 11.1. The van der Waals surface area contributed by atoms with Gasteiger partial charge in [-0.2, -0.15) is 0 Å². The molecule has 2 fully saturated rings. The van der Waals surface area contributed by atoms with Gasteiger partial charge >= 0.3 is 5.69 Å². The number of nitro groups is 1. The molecule has 1 amide bonds. The normalized spacial score (nSPS) is 20.1. The van der Waals surface area contributed by atoms with Crippen LogP contribution in [0.4, 0.5) is 11.5 Å². The van der Waals surface area contributed by atoms with Gasteiger partial charge in [0.15, 0.2) is 0 Å². The first kappa shape index (κ1) is 15.7. The molecular formula is C15H21N5O3. The maximum atomic E-state index is 12.1. The number of piperazine rings is 1. The summed E-state index contributed by atoms with van der Waals surface area (Å²) in [5.41, 5.74) is 0.0282. The van der Waals surface area contributed by atoms with E-state index in [9.17, 15) is 14.9 Å². The van der Waals surface area contributed by atoms with Crippen LogP contribution in [0.5, 0.6) is 0 Å². The zero-order valence-electron chi connectivity index (χ0n) is 13.1. The number of hydrogen-bond donors (Lipinski definition) is 1. The number of nitrogens with zero attached hydrogens (tertiary/aromatic N) is 4. The minimum absolute atomic E-state index is 0.0282. The van der Waals surface area contributed by atoms with Crippen molar-refractivity contribution in [1.82, 2.24) is 15.2 Å². The van der Waals surface area contributed by atoms with Crippen LogP contribution >= 0.6 is 0 Å². The SMILES string of the molecule is CC(C(=O)NC1CC1)N1CCN(c2ncccc2[N+](=O)[O-])CC1.